The molecule has 0 radical (unpaired) electrons. The molecule has 4 rings (SSSR count). The molecule has 96 valence electrons. The predicted molar refractivity (Wildman–Crippen MR) is 75.0 cm³/mol. The van der Waals surface area contributed by atoms with Gasteiger partial charge in [0.25, 0.3) is 0 Å². The Morgan fingerprint density at radius 2 is 2.21 bits per heavy atom. The van der Waals surface area contributed by atoms with Crippen LogP contribution in [0.3, 0.4) is 0 Å². The summed E-state index contributed by atoms with van der Waals surface area (Å²) in [5, 5.41) is 5.25. The summed E-state index contributed by atoms with van der Waals surface area (Å²) in [5.74, 6) is 2.08. The van der Waals surface area contributed by atoms with E-state index in [1.807, 2.05) is 12.1 Å². The van der Waals surface area contributed by atoms with Crippen molar-refractivity contribution in [1.29, 1.82) is 0 Å². The summed E-state index contributed by atoms with van der Waals surface area (Å²) in [6.07, 6.45) is 4.44. The van der Waals surface area contributed by atoms with Gasteiger partial charge in [-0.1, -0.05) is 27.2 Å². The normalized spacial score (nSPS) is 15.2. The monoisotopic (exact) mass is 317 g/mol. The summed E-state index contributed by atoms with van der Waals surface area (Å²) in [5.41, 5.74) is 1.17. The van der Waals surface area contributed by atoms with Crippen molar-refractivity contribution in [3.05, 3.63) is 46.7 Å². The highest BCUT2D eigenvalue weighted by Crippen LogP contribution is 2.38. The van der Waals surface area contributed by atoms with Gasteiger partial charge in [-0.3, -0.25) is 0 Å². The molecule has 0 bridgehead atoms. The third kappa shape index (κ3) is 1.98. The third-order valence-electron chi connectivity index (χ3n) is 3.49. The Morgan fingerprint density at radius 1 is 1.32 bits per heavy atom. The zero-order valence-electron chi connectivity index (χ0n) is 10.2. The van der Waals surface area contributed by atoms with Crippen molar-refractivity contribution in [3.8, 4) is 0 Å². The van der Waals surface area contributed by atoms with Gasteiger partial charge in [-0.2, -0.15) is 4.98 Å². The lowest BCUT2D eigenvalue weighted by atomic mass is 10.2. The van der Waals surface area contributed by atoms with E-state index in [1.165, 1.54) is 23.7 Å². The van der Waals surface area contributed by atoms with E-state index < -0.39 is 0 Å². The van der Waals surface area contributed by atoms with Crippen LogP contribution >= 0.6 is 15.9 Å². The minimum absolute atomic E-state index is 0.535. The number of hydrogen-bond donors (Lipinski definition) is 0. The second kappa shape index (κ2) is 4.20. The molecule has 19 heavy (non-hydrogen) atoms. The van der Waals surface area contributed by atoms with Gasteiger partial charge in [0.2, 0.25) is 5.89 Å². The second-order valence-corrected chi connectivity index (χ2v) is 5.79. The number of rotatable bonds is 3. The fraction of sp³-hybridized carbons (Fsp3) is 0.286. The number of aromatic nitrogens is 3. The van der Waals surface area contributed by atoms with E-state index in [2.05, 4.69) is 49.0 Å². The molecule has 5 heteroatoms. The molecule has 1 aromatic carbocycles. The van der Waals surface area contributed by atoms with Crippen molar-refractivity contribution in [1.82, 2.24) is 14.7 Å². The van der Waals surface area contributed by atoms with Crippen molar-refractivity contribution in [2.24, 2.45) is 0 Å². The van der Waals surface area contributed by atoms with Crippen LogP contribution in [0.4, 0.5) is 0 Å². The zero-order valence-corrected chi connectivity index (χ0v) is 11.8. The number of benzene rings is 1. The maximum atomic E-state index is 5.32. The van der Waals surface area contributed by atoms with Crippen molar-refractivity contribution >= 4 is 26.8 Å². The molecule has 0 aliphatic heterocycles. The molecule has 2 aromatic heterocycles. The van der Waals surface area contributed by atoms with Gasteiger partial charge in [-0.05, 0) is 31.0 Å². The fourth-order valence-corrected chi connectivity index (χ4v) is 2.80. The summed E-state index contributed by atoms with van der Waals surface area (Å²) in [4.78, 5) is 4.47. The lowest BCUT2D eigenvalue weighted by Gasteiger charge is -2.01. The standard InChI is InChI=1S/C14H12BrN3O/c15-11-2-1-3-12-10(11)6-7-18(12)8-13-16-14(17-19-13)9-4-5-9/h1-3,6-7,9H,4-5,8H2. The Balaban J connectivity index is 1.68. The SMILES string of the molecule is Brc1cccc2c1ccn2Cc1nc(C2CC2)no1. The quantitative estimate of drug-likeness (QED) is 0.739. The van der Waals surface area contributed by atoms with E-state index in [4.69, 9.17) is 4.52 Å². The van der Waals surface area contributed by atoms with Gasteiger partial charge < -0.3 is 9.09 Å². The van der Waals surface area contributed by atoms with E-state index in [-0.39, 0.29) is 0 Å². The molecule has 0 amide bonds. The molecule has 1 saturated carbocycles. The summed E-state index contributed by atoms with van der Waals surface area (Å²) in [6, 6.07) is 8.27. The Labute approximate surface area is 118 Å². The molecule has 1 fully saturated rings. The molecule has 1 aliphatic rings. The highest BCUT2D eigenvalue weighted by molar-refractivity contribution is 9.10. The van der Waals surface area contributed by atoms with Crippen LogP contribution in [-0.4, -0.2) is 14.7 Å². The summed E-state index contributed by atoms with van der Waals surface area (Å²) >= 11 is 3.56. The van der Waals surface area contributed by atoms with Gasteiger partial charge in [-0.25, -0.2) is 0 Å². The van der Waals surface area contributed by atoms with Gasteiger partial charge in [-0.15, -0.1) is 0 Å². The minimum atomic E-state index is 0.535. The van der Waals surface area contributed by atoms with Gasteiger partial charge in [0.05, 0.1) is 0 Å². The molecule has 3 aromatic rings. The lowest BCUT2D eigenvalue weighted by Crippen LogP contribution is -1.98. The first-order valence-electron chi connectivity index (χ1n) is 6.37. The molecular weight excluding hydrogens is 306 g/mol. The average Bonchev–Trinajstić information content (AvgIpc) is 3.02. The summed E-state index contributed by atoms with van der Waals surface area (Å²) in [6.45, 7) is 0.625. The van der Waals surface area contributed by atoms with Crippen LogP contribution < -0.4 is 0 Å². The number of fused-ring (bicyclic) bond motifs is 1. The molecule has 0 unspecified atom stereocenters. The van der Waals surface area contributed by atoms with Gasteiger partial charge >= 0.3 is 0 Å². The molecule has 0 spiro atoms. The van der Waals surface area contributed by atoms with Crippen LogP contribution in [0.15, 0.2) is 39.5 Å². The van der Waals surface area contributed by atoms with E-state index in [9.17, 15) is 0 Å². The van der Waals surface area contributed by atoms with Crippen LogP contribution in [0, 0.1) is 0 Å². The van der Waals surface area contributed by atoms with E-state index >= 15 is 0 Å². The van der Waals surface area contributed by atoms with Crippen LogP contribution in [0.2, 0.25) is 0 Å². The largest absolute Gasteiger partial charge is 0.338 e. The molecule has 2 heterocycles. The fourth-order valence-electron chi connectivity index (χ4n) is 2.31. The number of halogens is 1. The van der Waals surface area contributed by atoms with Crippen LogP contribution in [0.25, 0.3) is 10.9 Å². The molecule has 0 saturated heterocycles. The second-order valence-electron chi connectivity index (χ2n) is 4.94. The Morgan fingerprint density at radius 3 is 3.05 bits per heavy atom. The van der Waals surface area contributed by atoms with Crippen LogP contribution in [0.5, 0.6) is 0 Å². The van der Waals surface area contributed by atoms with Gasteiger partial charge in [0.15, 0.2) is 5.82 Å². The maximum Gasteiger partial charge on any atom is 0.246 e. The van der Waals surface area contributed by atoms with E-state index in [0.29, 0.717) is 18.4 Å². The van der Waals surface area contributed by atoms with Gasteiger partial charge in [0, 0.05) is 27.5 Å². The van der Waals surface area contributed by atoms with E-state index in [0.717, 1.165) is 10.3 Å². The lowest BCUT2D eigenvalue weighted by molar-refractivity contribution is 0.367. The van der Waals surface area contributed by atoms with Crippen molar-refractivity contribution in [2.75, 3.05) is 0 Å². The first-order valence-corrected chi connectivity index (χ1v) is 7.16. The highest BCUT2D eigenvalue weighted by atomic mass is 79.9. The number of hydrogen-bond acceptors (Lipinski definition) is 3. The summed E-state index contributed by atoms with van der Waals surface area (Å²) < 4.78 is 8.56. The maximum absolute atomic E-state index is 5.32. The van der Waals surface area contributed by atoms with Crippen molar-refractivity contribution in [3.63, 3.8) is 0 Å². The zero-order chi connectivity index (χ0) is 12.8. The predicted octanol–water partition coefficient (Wildman–Crippen LogP) is 3.71. The first-order chi connectivity index (χ1) is 9.31. The average molecular weight is 318 g/mol. The molecule has 0 atom stereocenters. The van der Waals surface area contributed by atoms with Crippen molar-refractivity contribution in [2.45, 2.75) is 25.3 Å². The first kappa shape index (κ1) is 11.2. The summed E-state index contributed by atoms with van der Waals surface area (Å²) in [7, 11) is 0. The van der Waals surface area contributed by atoms with Crippen LogP contribution in [0.1, 0.15) is 30.5 Å². The Bertz CT molecular complexity index is 742. The number of nitrogens with zero attached hydrogens (tertiary/aromatic N) is 3. The Kier molecular flexibility index (Phi) is 2.48. The Hall–Kier alpha value is -1.62. The van der Waals surface area contributed by atoms with E-state index in [1.54, 1.807) is 0 Å². The van der Waals surface area contributed by atoms with Gasteiger partial charge in [0.1, 0.15) is 6.54 Å². The molecule has 0 N–H and O–H groups in total. The molecular formula is C14H12BrN3O. The topological polar surface area (TPSA) is 43.9 Å². The molecule has 1 aliphatic carbocycles. The van der Waals surface area contributed by atoms with Crippen LogP contribution in [-0.2, 0) is 6.54 Å². The third-order valence-corrected chi connectivity index (χ3v) is 4.18. The smallest absolute Gasteiger partial charge is 0.246 e. The molecule has 4 nitrogen and oxygen atoms in total. The van der Waals surface area contributed by atoms with Crippen molar-refractivity contribution < 1.29 is 4.52 Å². The minimum Gasteiger partial charge on any atom is -0.338 e. The highest BCUT2D eigenvalue weighted by Gasteiger charge is 2.28.